The number of fused-ring (bicyclic) bond motifs is 1. The normalized spacial score (nSPS) is 17.6. The van der Waals surface area contributed by atoms with Gasteiger partial charge in [-0.1, -0.05) is 0 Å². The summed E-state index contributed by atoms with van der Waals surface area (Å²) in [5, 5.41) is 4.25. The first kappa shape index (κ1) is 15.1. The molecule has 3 rings (SSSR count). The van der Waals surface area contributed by atoms with Gasteiger partial charge in [0.2, 0.25) is 0 Å². The Morgan fingerprint density at radius 3 is 2.82 bits per heavy atom. The molecule has 0 unspecified atom stereocenters. The summed E-state index contributed by atoms with van der Waals surface area (Å²) in [5.41, 5.74) is 0.854. The molecular formula is C15H19N3O3S. The number of benzene rings is 1. The van der Waals surface area contributed by atoms with Crippen LogP contribution in [0.5, 0.6) is 11.5 Å². The van der Waals surface area contributed by atoms with Crippen LogP contribution < -0.4 is 14.8 Å². The Hall–Kier alpha value is -1.86. The van der Waals surface area contributed by atoms with Crippen LogP contribution in [0.15, 0.2) is 12.1 Å². The average Bonchev–Trinajstić information content (AvgIpc) is 3.04. The summed E-state index contributed by atoms with van der Waals surface area (Å²) in [4.78, 5) is 7.47. The molecule has 1 fully saturated rings. The van der Waals surface area contributed by atoms with Crippen LogP contribution in [0.3, 0.4) is 0 Å². The monoisotopic (exact) mass is 321 g/mol. The third kappa shape index (κ3) is 3.00. The van der Waals surface area contributed by atoms with E-state index in [9.17, 15) is 0 Å². The molecule has 1 aromatic carbocycles. The molecule has 118 valence electrons. The van der Waals surface area contributed by atoms with Gasteiger partial charge in [-0.25, -0.2) is 4.98 Å². The van der Waals surface area contributed by atoms with Gasteiger partial charge >= 0.3 is 0 Å². The number of nitrogens with zero attached hydrogens (tertiary/aromatic N) is 1. The van der Waals surface area contributed by atoms with Crippen molar-refractivity contribution in [3.05, 3.63) is 16.9 Å². The van der Waals surface area contributed by atoms with Crippen molar-refractivity contribution in [1.29, 1.82) is 0 Å². The van der Waals surface area contributed by atoms with Gasteiger partial charge in [-0.05, 0) is 31.1 Å². The molecule has 22 heavy (non-hydrogen) atoms. The third-order valence-electron chi connectivity index (χ3n) is 3.75. The lowest BCUT2D eigenvalue weighted by Crippen LogP contribution is -2.19. The summed E-state index contributed by atoms with van der Waals surface area (Å²) in [7, 11) is 3.22. The Labute approximate surface area is 133 Å². The second-order valence-corrected chi connectivity index (χ2v) is 5.55. The van der Waals surface area contributed by atoms with Crippen LogP contribution in [-0.2, 0) is 4.74 Å². The van der Waals surface area contributed by atoms with Gasteiger partial charge in [0.05, 0.1) is 25.8 Å². The molecule has 2 N–H and O–H groups in total. The minimum absolute atomic E-state index is 0.231. The molecule has 1 atom stereocenters. The molecule has 2 heterocycles. The van der Waals surface area contributed by atoms with Crippen molar-refractivity contribution in [2.45, 2.75) is 18.9 Å². The van der Waals surface area contributed by atoms with Crippen LogP contribution in [0.1, 0.15) is 12.8 Å². The maximum atomic E-state index is 5.63. The van der Waals surface area contributed by atoms with Gasteiger partial charge in [-0.2, -0.15) is 0 Å². The van der Waals surface area contributed by atoms with Crippen LogP contribution in [0.4, 0.5) is 5.82 Å². The first-order chi connectivity index (χ1) is 10.7. The van der Waals surface area contributed by atoms with Crippen molar-refractivity contribution in [3.8, 4) is 11.5 Å². The molecule has 0 saturated carbocycles. The third-order valence-corrected chi connectivity index (χ3v) is 3.95. The molecule has 1 aromatic heterocycles. The number of methoxy groups -OCH3 is 2. The summed E-state index contributed by atoms with van der Waals surface area (Å²) in [6, 6.07) is 3.76. The number of ether oxygens (including phenoxy) is 3. The number of aromatic amines is 1. The Balaban J connectivity index is 1.98. The molecule has 2 aromatic rings. The quantitative estimate of drug-likeness (QED) is 0.825. The zero-order valence-corrected chi connectivity index (χ0v) is 13.5. The Morgan fingerprint density at radius 2 is 2.14 bits per heavy atom. The molecule has 7 heteroatoms. The number of H-pyrrole nitrogens is 1. The molecule has 1 aliphatic rings. The predicted octanol–water partition coefficient (Wildman–Crippen LogP) is 2.90. The fraction of sp³-hybridized carbons (Fsp3) is 0.467. The first-order valence-corrected chi connectivity index (χ1v) is 7.63. The van der Waals surface area contributed by atoms with E-state index in [0.717, 1.165) is 42.7 Å². The highest BCUT2D eigenvalue weighted by atomic mass is 32.1. The fourth-order valence-electron chi connectivity index (χ4n) is 2.63. The lowest BCUT2D eigenvalue weighted by atomic mass is 10.2. The number of hydrogen-bond acceptors (Lipinski definition) is 6. The van der Waals surface area contributed by atoms with E-state index in [2.05, 4.69) is 15.3 Å². The van der Waals surface area contributed by atoms with E-state index < -0.39 is 0 Å². The maximum Gasteiger partial charge on any atom is 0.199 e. The van der Waals surface area contributed by atoms with Crippen molar-refractivity contribution in [2.24, 2.45) is 0 Å². The van der Waals surface area contributed by atoms with Gasteiger partial charge < -0.3 is 24.5 Å². The number of hydrogen-bond donors (Lipinski definition) is 2. The van der Waals surface area contributed by atoms with Crippen LogP contribution in [0, 0.1) is 4.77 Å². The summed E-state index contributed by atoms with van der Waals surface area (Å²) in [6.45, 7) is 1.55. The lowest BCUT2D eigenvalue weighted by molar-refractivity contribution is 0.120. The Kier molecular flexibility index (Phi) is 4.44. The van der Waals surface area contributed by atoms with Crippen molar-refractivity contribution in [3.63, 3.8) is 0 Å². The number of aromatic nitrogens is 2. The summed E-state index contributed by atoms with van der Waals surface area (Å²) in [5.74, 6) is 2.04. The van der Waals surface area contributed by atoms with Crippen molar-refractivity contribution in [2.75, 3.05) is 32.7 Å². The van der Waals surface area contributed by atoms with Gasteiger partial charge in [-0.3, -0.25) is 0 Å². The smallest absolute Gasteiger partial charge is 0.199 e. The SMILES string of the molecule is COc1cc2[nH]c(=S)nc(NC[C@@H]3CCCO3)c2cc1OC. The largest absolute Gasteiger partial charge is 0.493 e. The van der Waals surface area contributed by atoms with Gasteiger partial charge in [0.1, 0.15) is 5.82 Å². The predicted molar refractivity (Wildman–Crippen MR) is 87.5 cm³/mol. The molecule has 6 nitrogen and oxygen atoms in total. The van der Waals surface area contributed by atoms with Crippen molar-refractivity contribution in [1.82, 2.24) is 9.97 Å². The van der Waals surface area contributed by atoms with Gasteiger partial charge in [-0.15, -0.1) is 0 Å². The minimum Gasteiger partial charge on any atom is -0.493 e. The molecule has 0 spiro atoms. The minimum atomic E-state index is 0.231. The summed E-state index contributed by atoms with van der Waals surface area (Å²) >= 11 is 5.21. The lowest BCUT2D eigenvalue weighted by Gasteiger charge is -2.14. The van der Waals surface area contributed by atoms with Crippen LogP contribution in [-0.4, -0.2) is 43.4 Å². The zero-order chi connectivity index (χ0) is 15.5. The number of anilines is 1. The van der Waals surface area contributed by atoms with E-state index in [0.29, 0.717) is 16.3 Å². The van der Waals surface area contributed by atoms with Crippen molar-refractivity contribution < 1.29 is 14.2 Å². The standard InChI is InChI=1S/C15H19N3O3S/c1-19-12-6-10-11(7-13(12)20-2)17-15(22)18-14(10)16-8-9-4-3-5-21-9/h6-7,9H,3-5,8H2,1-2H3,(H2,16,17,18,22)/t9-/m0/s1. The van der Waals surface area contributed by atoms with Crippen LogP contribution in [0.2, 0.25) is 0 Å². The van der Waals surface area contributed by atoms with E-state index in [1.807, 2.05) is 12.1 Å². The Morgan fingerprint density at radius 1 is 1.36 bits per heavy atom. The molecule has 0 radical (unpaired) electrons. The summed E-state index contributed by atoms with van der Waals surface area (Å²) in [6.07, 6.45) is 2.41. The topological polar surface area (TPSA) is 68.4 Å². The van der Waals surface area contributed by atoms with Gasteiger partial charge in [0.15, 0.2) is 16.3 Å². The highest BCUT2D eigenvalue weighted by molar-refractivity contribution is 7.71. The molecule has 0 amide bonds. The molecular weight excluding hydrogens is 302 g/mol. The molecule has 1 aliphatic heterocycles. The summed E-state index contributed by atoms with van der Waals surface area (Å²) < 4.78 is 16.7. The maximum absolute atomic E-state index is 5.63. The van der Waals surface area contributed by atoms with Gasteiger partial charge in [0.25, 0.3) is 0 Å². The molecule has 1 saturated heterocycles. The Bertz CT molecular complexity index is 726. The van der Waals surface area contributed by atoms with Crippen LogP contribution in [0.25, 0.3) is 10.9 Å². The highest BCUT2D eigenvalue weighted by Crippen LogP contribution is 2.33. The number of nitrogens with one attached hydrogen (secondary N) is 2. The van der Waals surface area contributed by atoms with E-state index in [1.54, 1.807) is 14.2 Å². The second-order valence-electron chi connectivity index (χ2n) is 5.16. The average molecular weight is 321 g/mol. The van der Waals surface area contributed by atoms with Gasteiger partial charge in [0, 0.05) is 24.6 Å². The number of rotatable bonds is 5. The van der Waals surface area contributed by atoms with E-state index in [4.69, 9.17) is 26.4 Å². The zero-order valence-electron chi connectivity index (χ0n) is 12.6. The first-order valence-electron chi connectivity index (χ1n) is 7.23. The highest BCUT2D eigenvalue weighted by Gasteiger charge is 2.16. The molecule has 0 bridgehead atoms. The van der Waals surface area contributed by atoms with E-state index in [-0.39, 0.29) is 6.10 Å². The van der Waals surface area contributed by atoms with Crippen LogP contribution >= 0.6 is 12.2 Å². The van der Waals surface area contributed by atoms with E-state index >= 15 is 0 Å². The van der Waals surface area contributed by atoms with Crippen molar-refractivity contribution >= 4 is 28.9 Å². The second kappa shape index (κ2) is 6.50. The van der Waals surface area contributed by atoms with E-state index in [1.165, 1.54) is 0 Å². The molecule has 0 aliphatic carbocycles. The fourth-order valence-corrected chi connectivity index (χ4v) is 2.84.